The van der Waals surface area contributed by atoms with E-state index in [0.717, 1.165) is 11.5 Å². The van der Waals surface area contributed by atoms with Crippen LogP contribution in [0.15, 0.2) is 54.6 Å². The summed E-state index contributed by atoms with van der Waals surface area (Å²) >= 11 is 1.68. The third kappa shape index (κ3) is 6.88. The molecule has 28 heavy (non-hydrogen) atoms. The molecule has 150 valence electrons. The Kier molecular flexibility index (Phi) is 8.80. The highest BCUT2D eigenvalue weighted by Gasteiger charge is 2.23. The van der Waals surface area contributed by atoms with Crippen molar-refractivity contribution in [2.45, 2.75) is 25.5 Å². The van der Waals surface area contributed by atoms with Crippen molar-refractivity contribution in [3.05, 3.63) is 60.2 Å². The van der Waals surface area contributed by atoms with Gasteiger partial charge in [0.1, 0.15) is 17.6 Å². The van der Waals surface area contributed by atoms with Crippen LogP contribution in [-0.4, -0.2) is 40.6 Å². The molecule has 0 aliphatic heterocycles. The van der Waals surface area contributed by atoms with Gasteiger partial charge in [0.05, 0.1) is 0 Å². The maximum atomic E-state index is 12.1. The van der Waals surface area contributed by atoms with E-state index in [1.165, 1.54) is 0 Å². The van der Waals surface area contributed by atoms with Gasteiger partial charge < -0.3 is 15.6 Å². The lowest BCUT2D eigenvalue weighted by atomic mass is 10.1. The van der Waals surface area contributed by atoms with Gasteiger partial charge in [0.15, 0.2) is 0 Å². The number of benzene rings is 2. The molecule has 5 N–H and O–H groups in total. The van der Waals surface area contributed by atoms with Crippen LogP contribution in [0.25, 0.3) is 0 Å². The molecule has 2 atom stereocenters. The number of hydrazine groups is 1. The number of carbonyl (C=O) groups excluding carboxylic acids is 2. The number of hydrogen-bond donors (Lipinski definition) is 4. The number of aliphatic hydroxyl groups excluding tert-OH is 1. The molecular formula is C20H25N3O4S. The maximum absolute atomic E-state index is 12.1. The summed E-state index contributed by atoms with van der Waals surface area (Å²) in [6.07, 6.45) is -0.886. The number of hydrogen-bond acceptors (Lipinski definition) is 6. The quantitative estimate of drug-likeness (QED) is 0.377. The highest BCUT2D eigenvalue weighted by atomic mass is 32.2. The molecule has 0 radical (unpaired) electrons. The number of amides is 2. The number of para-hydroxylation sites is 1. The van der Waals surface area contributed by atoms with Crippen molar-refractivity contribution in [3.63, 3.8) is 0 Å². The third-order valence-electron chi connectivity index (χ3n) is 3.87. The molecule has 2 aromatic rings. The number of nitrogens with one attached hydrogen (secondary N) is 2. The van der Waals surface area contributed by atoms with Gasteiger partial charge >= 0.3 is 0 Å². The molecule has 2 rings (SSSR count). The summed E-state index contributed by atoms with van der Waals surface area (Å²) in [5.74, 6) is 1.72. The van der Waals surface area contributed by atoms with Crippen LogP contribution < -0.4 is 21.3 Å². The summed E-state index contributed by atoms with van der Waals surface area (Å²) < 4.78 is 5.66. The second-order valence-corrected chi connectivity index (χ2v) is 7.37. The largest absolute Gasteiger partial charge is 0.457 e. The Morgan fingerprint density at radius 2 is 1.71 bits per heavy atom. The number of nitrogens with two attached hydrogens (primary N) is 1. The molecule has 0 heterocycles. The summed E-state index contributed by atoms with van der Waals surface area (Å²) in [6, 6.07) is 15.0. The minimum atomic E-state index is -1.39. The summed E-state index contributed by atoms with van der Waals surface area (Å²) in [4.78, 5) is 24.1. The number of carbonyl (C=O) groups is 2. The Balaban J connectivity index is 1.81. The van der Waals surface area contributed by atoms with E-state index < -0.39 is 24.0 Å². The third-order valence-corrected chi connectivity index (χ3v) is 4.80. The number of thioether (sulfide) groups is 1. The molecule has 0 fully saturated rings. The minimum Gasteiger partial charge on any atom is -0.457 e. The van der Waals surface area contributed by atoms with E-state index >= 15 is 0 Å². The summed E-state index contributed by atoms with van der Waals surface area (Å²) in [7, 11) is 0. The van der Waals surface area contributed by atoms with E-state index in [9.17, 15) is 14.7 Å². The van der Waals surface area contributed by atoms with Gasteiger partial charge in [-0.15, -0.1) is 0 Å². The molecule has 0 bridgehead atoms. The molecule has 0 saturated carbocycles. The zero-order valence-corrected chi connectivity index (χ0v) is 16.4. The highest BCUT2D eigenvalue weighted by molar-refractivity contribution is 7.99. The van der Waals surface area contributed by atoms with Crippen molar-refractivity contribution in [2.75, 3.05) is 11.5 Å². The molecule has 7 nitrogen and oxygen atoms in total. The predicted molar refractivity (Wildman–Crippen MR) is 110 cm³/mol. The van der Waals surface area contributed by atoms with E-state index in [1.54, 1.807) is 36.0 Å². The minimum absolute atomic E-state index is 0.332. The van der Waals surface area contributed by atoms with Gasteiger partial charge in [-0.3, -0.25) is 20.4 Å². The van der Waals surface area contributed by atoms with E-state index in [2.05, 4.69) is 10.9 Å². The van der Waals surface area contributed by atoms with Gasteiger partial charge in [-0.1, -0.05) is 25.1 Å². The fourth-order valence-electron chi connectivity index (χ4n) is 2.28. The van der Waals surface area contributed by atoms with Gasteiger partial charge in [-0.2, -0.15) is 11.8 Å². The normalized spacial score (nSPS) is 12.7. The molecular weight excluding hydrogens is 378 g/mol. The van der Waals surface area contributed by atoms with Gasteiger partial charge in [0.25, 0.3) is 11.8 Å². The fourth-order valence-corrected chi connectivity index (χ4v) is 3.01. The van der Waals surface area contributed by atoms with Crippen LogP contribution in [-0.2, 0) is 4.79 Å². The molecule has 0 aromatic heterocycles. The van der Waals surface area contributed by atoms with E-state index in [0.29, 0.717) is 23.5 Å². The topological polar surface area (TPSA) is 114 Å². The van der Waals surface area contributed by atoms with Crippen molar-refractivity contribution >= 4 is 23.6 Å². The van der Waals surface area contributed by atoms with Crippen LogP contribution in [0.2, 0.25) is 0 Å². The van der Waals surface area contributed by atoms with Crippen molar-refractivity contribution in [1.82, 2.24) is 10.9 Å². The summed E-state index contributed by atoms with van der Waals surface area (Å²) in [5, 5.41) is 9.93. The summed E-state index contributed by atoms with van der Waals surface area (Å²) in [6.45, 7) is 2.02. The van der Waals surface area contributed by atoms with Crippen LogP contribution in [0.4, 0.5) is 0 Å². The Morgan fingerprint density at radius 1 is 1.07 bits per heavy atom. The predicted octanol–water partition coefficient (Wildman–Crippen LogP) is 2.07. The molecule has 0 aliphatic rings. The molecule has 8 heteroatoms. The fraction of sp³-hybridized carbons (Fsp3) is 0.300. The molecule has 0 saturated heterocycles. The van der Waals surface area contributed by atoms with Crippen LogP contribution in [0, 0.1) is 0 Å². The molecule has 2 aromatic carbocycles. The second kappa shape index (κ2) is 11.3. The Hall–Kier alpha value is -2.55. The Bertz CT molecular complexity index is 756. The monoisotopic (exact) mass is 403 g/mol. The van der Waals surface area contributed by atoms with Gasteiger partial charge in [-0.25, -0.2) is 0 Å². The first-order valence-electron chi connectivity index (χ1n) is 8.95. The SMILES string of the molecule is CCSCC[C@@H](N)C(O)C(=O)NNC(=O)c1ccc(Oc2ccccc2)cc1. The van der Waals surface area contributed by atoms with E-state index in [4.69, 9.17) is 10.5 Å². The molecule has 0 spiro atoms. The lowest BCUT2D eigenvalue weighted by molar-refractivity contribution is -0.131. The lowest BCUT2D eigenvalue weighted by Crippen LogP contribution is -2.52. The van der Waals surface area contributed by atoms with Gasteiger partial charge in [0, 0.05) is 11.6 Å². The van der Waals surface area contributed by atoms with Crippen molar-refractivity contribution < 1.29 is 19.4 Å². The zero-order chi connectivity index (χ0) is 20.4. The standard InChI is InChI=1S/C20H25N3O4S/c1-2-28-13-12-17(21)18(24)20(26)23-22-19(25)14-8-10-16(11-9-14)27-15-6-4-3-5-7-15/h3-11,17-18,24H,2,12-13,21H2,1H3,(H,22,25)(H,23,26)/t17-,18?/m1/s1. The van der Waals surface area contributed by atoms with Crippen molar-refractivity contribution in [3.8, 4) is 11.5 Å². The lowest BCUT2D eigenvalue weighted by Gasteiger charge is -2.18. The van der Waals surface area contributed by atoms with Crippen LogP contribution in [0.5, 0.6) is 11.5 Å². The van der Waals surface area contributed by atoms with Crippen LogP contribution >= 0.6 is 11.8 Å². The average Bonchev–Trinajstić information content (AvgIpc) is 2.72. The number of rotatable bonds is 9. The highest BCUT2D eigenvalue weighted by Crippen LogP contribution is 2.21. The zero-order valence-electron chi connectivity index (χ0n) is 15.6. The summed E-state index contributed by atoms with van der Waals surface area (Å²) in [5.41, 5.74) is 10.6. The van der Waals surface area contributed by atoms with Crippen LogP contribution in [0.1, 0.15) is 23.7 Å². The number of aliphatic hydroxyl groups is 1. The first kappa shape index (κ1) is 21.7. The molecule has 0 aliphatic carbocycles. The maximum Gasteiger partial charge on any atom is 0.269 e. The van der Waals surface area contributed by atoms with Gasteiger partial charge in [0.2, 0.25) is 0 Å². The van der Waals surface area contributed by atoms with E-state index in [-0.39, 0.29) is 0 Å². The number of ether oxygens (including phenoxy) is 1. The Morgan fingerprint density at radius 3 is 2.36 bits per heavy atom. The Labute approximate surface area is 168 Å². The van der Waals surface area contributed by atoms with E-state index in [1.807, 2.05) is 37.3 Å². The molecule has 2 amide bonds. The second-order valence-electron chi connectivity index (χ2n) is 5.98. The van der Waals surface area contributed by atoms with Crippen molar-refractivity contribution in [2.24, 2.45) is 5.73 Å². The first-order valence-corrected chi connectivity index (χ1v) is 10.1. The first-order chi connectivity index (χ1) is 13.5. The van der Waals surface area contributed by atoms with Crippen LogP contribution in [0.3, 0.4) is 0 Å². The average molecular weight is 404 g/mol. The molecule has 1 unspecified atom stereocenters. The van der Waals surface area contributed by atoms with Crippen molar-refractivity contribution in [1.29, 1.82) is 0 Å². The van der Waals surface area contributed by atoms with Gasteiger partial charge in [-0.05, 0) is 54.3 Å². The smallest absolute Gasteiger partial charge is 0.269 e.